The number of carbonyl (C=O) groups excluding carboxylic acids is 4. The van der Waals surface area contributed by atoms with Gasteiger partial charge < -0.3 is 4.90 Å². The van der Waals surface area contributed by atoms with E-state index in [0.717, 1.165) is 27.7 Å². The van der Waals surface area contributed by atoms with Crippen molar-refractivity contribution >= 4 is 29.4 Å². The maximum atomic E-state index is 14.1. The summed E-state index contributed by atoms with van der Waals surface area (Å²) in [5.74, 6) is -2.63. The van der Waals surface area contributed by atoms with Crippen LogP contribution in [0.4, 0.5) is 19.3 Å². The number of piperazine rings is 1. The van der Waals surface area contributed by atoms with Crippen molar-refractivity contribution in [1.29, 1.82) is 0 Å². The predicted molar refractivity (Wildman–Crippen MR) is 116 cm³/mol. The van der Waals surface area contributed by atoms with E-state index in [1.165, 1.54) is 6.07 Å². The Kier molecular flexibility index (Phi) is 5.48. The van der Waals surface area contributed by atoms with Crippen LogP contribution in [0.3, 0.4) is 0 Å². The highest BCUT2D eigenvalue weighted by Gasteiger charge is 2.43. The van der Waals surface area contributed by atoms with E-state index >= 15 is 0 Å². The predicted octanol–water partition coefficient (Wildman–Crippen LogP) is 1.74. The number of benzene rings is 2. The zero-order chi connectivity index (χ0) is 24.0. The molecule has 0 radical (unpaired) electrons. The van der Waals surface area contributed by atoms with Crippen molar-refractivity contribution in [3.8, 4) is 0 Å². The molecule has 0 spiro atoms. The van der Waals surface area contributed by atoms with Crippen molar-refractivity contribution in [2.75, 3.05) is 37.6 Å². The Morgan fingerprint density at radius 3 is 2.29 bits per heavy atom. The summed E-state index contributed by atoms with van der Waals surface area (Å²) in [5, 5.41) is 3.84. The van der Waals surface area contributed by atoms with Crippen molar-refractivity contribution in [3.05, 3.63) is 64.7 Å². The summed E-state index contributed by atoms with van der Waals surface area (Å²) in [7, 11) is 0. The fourth-order valence-electron chi connectivity index (χ4n) is 4.47. The summed E-state index contributed by atoms with van der Waals surface area (Å²) < 4.78 is 27.6. The molecule has 34 heavy (non-hydrogen) atoms. The van der Waals surface area contributed by atoms with Crippen LogP contribution in [0.2, 0.25) is 0 Å². The van der Waals surface area contributed by atoms with E-state index < -0.39 is 35.4 Å². The molecule has 3 aliphatic rings. The second-order valence-corrected chi connectivity index (χ2v) is 8.39. The van der Waals surface area contributed by atoms with Crippen LogP contribution in [0.5, 0.6) is 0 Å². The van der Waals surface area contributed by atoms with Crippen molar-refractivity contribution in [2.45, 2.75) is 13.0 Å². The number of anilines is 1. The number of nitrogens with one attached hydrogen (secondary N) is 1. The van der Waals surface area contributed by atoms with E-state index in [4.69, 9.17) is 0 Å². The molecule has 1 N–H and O–H groups in total. The highest BCUT2D eigenvalue weighted by molar-refractivity contribution is 6.22. The second-order valence-electron chi connectivity index (χ2n) is 8.39. The zero-order valence-electron chi connectivity index (χ0n) is 18.1. The Morgan fingerprint density at radius 1 is 0.824 bits per heavy atom. The van der Waals surface area contributed by atoms with Crippen molar-refractivity contribution in [3.63, 3.8) is 0 Å². The summed E-state index contributed by atoms with van der Waals surface area (Å²) in [6.07, 6.45) is -0.00407. The van der Waals surface area contributed by atoms with E-state index in [9.17, 15) is 28.0 Å². The lowest BCUT2D eigenvalue weighted by Crippen LogP contribution is -2.58. The molecule has 3 heterocycles. The first-order valence-electron chi connectivity index (χ1n) is 10.9. The smallest absolute Gasteiger partial charge is 0.343 e. The Bertz CT molecular complexity index is 1210. The standard InChI is InChI=1S/C23H21F2N5O4/c24-15-2-4-18(25)19(12-15)28-9-7-27(8-10-28)13-14-1-3-16-17(11-14)22(33)30(21(16)32)29-6-5-20(31)26-23(29)34/h1-4,11-12H,5-10,13H2,(H,26,31,34). The number of hydrogen-bond acceptors (Lipinski definition) is 6. The third-order valence-electron chi connectivity index (χ3n) is 6.23. The molecule has 2 aromatic carbocycles. The third-order valence-corrected chi connectivity index (χ3v) is 6.23. The number of hydrazine groups is 1. The first-order valence-corrected chi connectivity index (χ1v) is 10.9. The Morgan fingerprint density at radius 2 is 1.56 bits per heavy atom. The fraction of sp³-hybridized carbons (Fsp3) is 0.304. The molecule has 9 nitrogen and oxygen atoms in total. The molecular formula is C23H21F2N5O4. The molecule has 0 bridgehead atoms. The van der Waals surface area contributed by atoms with Crippen LogP contribution in [0.1, 0.15) is 32.7 Å². The third kappa shape index (κ3) is 3.87. The highest BCUT2D eigenvalue weighted by atomic mass is 19.1. The van der Waals surface area contributed by atoms with Gasteiger partial charge in [0.1, 0.15) is 11.6 Å². The summed E-state index contributed by atoms with van der Waals surface area (Å²) in [6.45, 7) is 2.69. The lowest BCUT2D eigenvalue weighted by Gasteiger charge is -2.36. The molecule has 11 heteroatoms. The number of urea groups is 1. The average molecular weight is 469 g/mol. The quantitative estimate of drug-likeness (QED) is 0.686. The fourth-order valence-corrected chi connectivity index (χ4v) is 4.47. The number of fused-ring (bicyclic) bond motifs is 1. The molecule has 0 unspecified atom stereocenters. The monoisotopic (exact) mass is 469 g/mol. The molecule has 0 saturated carbocycles. The van der Waals surface area contributed by atoms with Gasteiger partial charge in [-0.3, -0.25) is 24.6 Å². The minimum atomic E-state index is -0.807. The summed E-state index contributed by atoms with van der Waals surface area (Å²) in [5.41, 5.74) is 1.45. The van der Waals surface area contributed by atoms with Gasteiger partial charge in [-0.2, -0.15) is 5.01 Å². The summed E-state index contributed by atoms with van der Waals surface area (Å²) >= 11 is 0. The van der Waals surface area contributed by atoms with Crippen molar-refractivity contribution in [2.24, 2.45) is 0 Å². The van der Waals surface area contributed by atoms with Gasteiger partial charge in [0, 0.05) is 45.2 Å². The first-order chi connectivity index (χ1) is 16.3. The SMILES string of the molecule is O=C1CCN(N2C(=O)c3ccc(CN4CCN(c5cc(F)ccc5F)CC4)cc3C2=O)C(=O)N1. The van der Waals surface area contributed by atoms with E-state index in [0.29, 0.717) is 32.7 Å². The van der Waals surface area contributed by atoms with Crippen molar-refractivity contribution < 1.29 is 28.0 Å². The van der Waals surface area contributed by atoms with Crippen LogP contribution in [-0.4, -0.2) is 71.4 Å². The van der Waals surface area contributed by atoms with Gasteiger partial charge in [0.15, 0.2) is 0 Å². The van der Waals surface area contributed by atoms with E-state index in [1.807, 2.05) is 0 Å². The lowest BCUT2D eigenvalue weighted by molar-refractivity contribution is -0.122. The van der Waals surface area contributed by atoms with Crippen LogP contribution in [0, 0.1) is 11.6 Å². The molecular weight excluding hydrogens is 448 g/mol. The maximum Gasteiger partial charge on any atom is 0.343 e. The minimum absolute atomic E-state index is 0.00407. The molecule has 3 aliphatic heterocycles. The summed E-state index contributed by atoms with van der Waals surface area (Å²) in [6, 6.07) is 7.56. The van der Waals surface area contributed by atoms with Crippen LogP contribution in [0.25, 0.3) is 0 Å². The van der Waals surface area contributed by atoms with Gasteiger partial charge in [0.2, 0.25) is 5.91 Å². The zero-order valence-corrected chi connectivity index (χ0v) is 18.1. The minimum Gasteiger partial charge on any atom is -0.367 e. The van der Waals surface area contributed by atoms with Gasteiger partial charge in [-0.05, 0) is 29.8 Å². The number of rotatable bonds is 4. The van der Waals surface area contributed by atoms with Gasteiger partial charge in [0.25, 0.3) is 11.8 Å². The number of hydrogen-bond donors (Lipinski definition) is 1. The number of nitrogens with zero attached hydrogens (tertiary/aromatic N) is 4. The molecule has 2 fully saturated rings. The Hall–Kier alpha value is -3.86. The van der Waals surface area contributed by atoms with Crippen LogP contribution < -0.4 is 10.2 Å². The van der Waals surface area contributed by atoms with E-state index in [1.54, 1.807) is 23.1 Å². The van der Waals surface area contributed by atoms with Crippen molar-refractivity contribution in [1.82, 2.24) is 20.2 Å². The molecule has 5 amide bonds. The van der Waals surface area contributed by atoms with Gasteiger partial charge in [0.05, 0.1) is 23.4 Å². The number of imide groups is 2. The Labute approximate surface area is 193 Å². The van der Waals surface area contributed by atoms with Gasteiger partial charge in [-0.15, -0.1) is 0 Å². The molecule has 2 saturated heterocycles. The largest absolute Gasteiger partial charge is 0.367 e. The molecule has 2 aromatic rings. The summed E-state index contributed by atoms with van der Waals surface area (Å²) in [4.78, 5) is 53.2. The number of amides is 5. The molecule has 176 valence electrons. The topological polar surface area (TPSA) is 93.3 Å². The maximum absolute atomic E-state index is 14.1. The van der Waals surface area contributed by atoms with Crippen LogP contribution >= 0.6 is 0 Å². The van der Waals surface area contributed by atoms with E-state index in [2.05, 4.69) is 10.2 Å². The molecule has 0 atom stereocenters. The average Bonchev–Trinajstić information content (AvgIpc) is 3.06. The number of carbonyl (C=O) groups is 4. The van der Waals surface area contributed by atoms with Gasteiger partial charge in [-0.1, -0.05) is 6.07 Å². The van der Waals surface area contributed by atoms with Crippen LogP contribution in [0.15, 0.2) is 36.4 Å². The van der Waals surface area contributed by atoms with Gasteiger partial charge >= 0.3 is 6.03 Å². The normalized spacial score (nSPS) is 19.1. The Balaban J connectivity index is 1.26. The molecule has 5 rings (SSSR count). The molecule has 0 aliphatic carbocycles. The number of halogens is 2. The molecule has 0 aromatic heterocycles. The van der Waals surface area contributed by atoms with E-state index in [-0.39, 0.29) is 29.8 Å². The van der Waals surface area contributed by atoms with Gasteiger partial charge in [-0.25, -0.2) is 18.6 Å². The highest BCUT2D eigenvalue weighted by Crippen LogP contribution is 2.27. The first kappa shape index (κ1) is 22.0. The van der Waals surface area contributed by atoms with Crippen LogP contribution in [-0.2, 0) is 11.3 Å². The lowest BCUT2D eigenvalue weighted by atomic mass is 10.1. The second kappa shape index (κ2) is 8.49.